The van der Waals surface area contributed by atoms with Gasteiger partial charge < -0.3 is 5.11 Å². The summed E-state index contributed by atoms with van der Waals surface area (Å²) < 4.78 is 2.34. The summed E-state index contributed by atoms with van der Waals surface area (Å²) in [5.74, 6) is 0.729. The largest absolute Gasteiger partial charge is 0.478 e. The van der Waals surface area contributed by atoms with Gasteiger partial charge in [-0.15, -0.1) is 0 Å². The number of fused-ring (bicyclic) bond motifs is 1. The summed E-state index contributed by atoms with van der Waals surface area (Å²) in [4.78, 5) is 16.9. The van der Waals surface area contributed by atoms with E-state index in [1.807, 2.05) is 12.1 Å². The smallest absolute Gasteiger partial charge is 0.336 e. The Bertz CT molecular complexity index is 1360. The van der Waals surface area contributed by atoms with Crippen LogP contribution < -0.4 is 0 Å². The Hall–Kier alpha value is -3.40. The van der Waals surface area contributed by atoms with Crippen LogP contribution in [0.25, 0.3) is 27.8 Å². The average Bonchev–Trinajstić information content (AvgIpc) is 3.18. The summed E-state index contributed by atoms with van der Waals surface area (Å²) in [5, 5.41) is 9.66. The summed E-state index contributed by atoms with van der Waals surface area (Å²) in [6, 6.07) is 18.0. The number of hydrogen-bond acceptors (Lipinski definition) is 2. The number of imidazole rings is 1. The molecule has 4 nitrogen and oxygen atoms in total. The molecule has 4 aromatic rings. The molecule has 0 aliphatic heterocycles. The van der Waals surface area contributed by atoms with Crippen LogP contribution in [0.4, 0.5) is 0 Å². The third-order valence-corrected chi connectivity index (χ3v) is 7.18. The van der Waals surface area contributed by atoms with Crippen molar-refractivity contribution < 1.29 is 9.90 Å². The van der Waals surface area contributed by atoms with E-state index in [2.05, 4.69) is 55.7 Å². The molecule has 1 saturated carbocycles. The third-order valence-electron chi connectivity index (χ3n) is 7.18. The van der Waals surface area contributed by atoms with Gasteiger partial charge in [0.15, 0.2) is 0 Å². The Morgan fingerprint density at radius 2 is 1.61 bits per heavy atom. The lowest BCUT2D eigenvalue weighted by molar-refractivity contribution is 0.0697. The van der Waals surface area contributed by atoms with Gasteiger partial charge in [0.05, 0.1) is 16.6 Å². The van der Waals surface area contributed by atoms with Crippen molar-refractivity contribution in [3.05, 3.63) is 82.7 Å². The molecular weight excluding hydrogens is 408 g/mol. The lowest BCUT2D eigenvalue weighted by Gasteiger charge is -2.23. The summed E-state index contributed by atoms with van der Waals surface area (Å²) in [7, 11) is 0. The van der Waals surface area contributed by atoms with Gasteiger partial charge >= 0.3 is 5.97 Å². The zero-order valence-electron chi connectivity index (χ0n) is 19.6. The standard InChI is InChI=1S/C29H30N2O2/c1-18-16-26-27(17-19(18)2)31(28(30-26)21-9-5-4-6-10-21)22-13-14-23(20(3)15-22)24-11-7-8-12-25(24)29(32)33/h7-8,11-17,21H,4-6,9-10H2,1-3H3,(H,32,33). The molecular formula is C29H30N2O2. The molecule has 0 unspecified atom stereocenters. The van der Waals surface area contributed by atoms with Crippen LogP contribution in [0.5, 0.6) is 0 Å². The maximum absolute atomic E-state index is 11.8. The van der Waals surface area contributed by atoms with Gasteiger partial charge in [-0.3, -0.25) is 4.57 Å². The Kier molecular flexibility index (Phi) is 5.53. The van der Waals surface area contributed by atoms with E-state index in [0.29, 0.717) is 11.5 Å². The highest BCUT2D eigenvalue weighted by molar-refractivity contribution is 5.96. The van der Waals surface area contributed by atoms with Crippen molar-refractivity contribution in [2.45, 2.75) is 58.8 Å². The first-order chi connectivity index (χ1) is 15.9. The number of benzene rings is 3. The fourth-order valence-electron chi connectivity index (χ4n) is 5.25. The van der Waals surface area contributed by atoms with Gasteiger partial charge in [-0.25, -0.2) is 9.78 Å². The number of carboxylic acids is 1. The molecule has 0 saturated heterocycles. The van der Waals surface area contributed by atoms with E-state index in [0.717, 1.165) is 39.2 Å². The fourth-order valence-corrected chi connectivity index (χ4v) is 5.25. The maximum atomic E-state index is 11.8. The molecule has 0 bridgehead atoms. The van der Waals surface area contributed by atoms with Gasteiger partial charge in [0, 0.05) is 11.6 Å². The minimum absolute atomic E-state index is 0.329. The highest BCUT2D eigenvalue weighted by Gasteiger charge is 2.24. The Morgan fingerprint density at radius 1 is 0.879 bits per heavy atom. The lowest BCUT2D eigenvalue weighted by atomic mass is 9.88. The molecule has 1 aromatic heterocycles. The number of carbonyl (C=O) groups is 1. The molecule has 168 valence electrons. The monoisotopic (exact) mass is 438 g/mol. The first-order valence-electron chi connectivity index (χ1n) is 11.9. The zero-order chi connectivity index (χ0) is 23.1. The van der Waals surface area contributed by atoms with E-state index in [-0.39, 0.29) is 0 Å². The van der Waals surface area contributed by atoms with Gasteiger partial charge in [0.2, 0.25) is 0 Å². The zero-order valence-corrected chi connectivity index (χ0v) is 19.6. The Morgan fingerprint density at radius 3 is 2.33 bits per heavy atom. The number of aryl methyl sites for hydroxylation is 3. The predicted octanol–water partition coefficient (Wildman–Crippen LogP) is 7.36. The molecule has 3 aromatic carbocycles. The van der Waals surface area contributed by atoms with Gasteiger partial charge in [-0.2, -0.15) is 0 Å². The fraction of sp³-hybridized carbons (Fsp3) is 0.310. The van der Waals surface area contributed by atoms with E-state index in [4.69, 9.17) is 4.98 Å². The number of rotatable bonds is 4. The van der Waals surface area contributed by atoms with Crippen molar-refractivity contribution in [1.29, 1.82) is 0 Å². The van der Waals surface area contributed by atoms with E-state index in [9.17, 15) is 9.90 Å². The number of aromatic nitrogens is 2. The van der Waals surface area contributed by atoms with Crippen LogP contribution >= 0.6 is 0 Å². The molecule has 0 atom stereocenters. The quantitative estimate of drug-likeness (QED) is 0.362. The van der Waals surface area contributed by atoms with Gasteiger partial charge in [-0.05, 0) is 91.8 Å². The molecule has 1 fully saturated rings. The van der Waals surface area contributed by atoms with E-state index < -0.39 is 5.97 Å². The van der Waals surface area contributed by atoms with Crippen molar-refractivity contribution >= 4 is 17.0 Å². The first kappa shape index (κ1) is 21.4. The molecule has 1 aliphatic rings. The van der Waals surface area contributed by atoms with Crippen molar-refractivity contribution in [1.82, 2.24) is 9.55 Å². The van der Waals surface area contributed by atoms with Gasteiger partial charge in [-0.1, -0.05) is 43.5 Å². The van der Waals surface area contributed by atoms with Crippen molar-refractivity contribution in [3.63, 3.8) is 0 Å². The van der Waals surface area contributed by atoms with Crippen LogP contribution in [0.2, 0.25) is 0 Å². The molecule has 33 heavy (non-hydrogen) atoms. The SMILES string of the molecule is Cc1cc2nc(C3CCCCC3)n(-c3ccc(-c4ccccc4C(=O)O)c(C)c3)c2cc1C. The van der Waals surface area contributed by atoms with Crippen molar-refractivity contribution in [2.75, 3.05) is 0 Å². The number of nitrogens with zero attached hydrogens (tertiary/aromatic N) is 2. The van der Waals surface area contributed by atoms with Crippen LogP contribution in [-0.2, 0) is 0 Å². The van der Waals surface area contributed by atoms with E-state index in [1.165, 1.54) is 43.2 Å². The van der Waals surface area contributed by atoms with Crippen LogP contribution in [0.1, 0.15) is 70.9 Å². The Balaban J connectivity index is 1.68. The minimum atomic E-state index is -0.903. The average molecular weight is 439 g/mol. The van der Waals surface area contributed by atoms with Crippen LogP contribution in [-0.4, -0.2) is 20.6 Å². The van der Waals surface area contributed by atoms with Crippen LogP contribution in [0.15, 0.2) is 54.6 Å². The highest BCUT2D eigenvalue weighted by Crippen LogP contribution is 2.37. The van der Waals surface area contributed by atoms with E-state index in [1.54, 1.807) is 12.1 Å². The topological polar surface area (TPSA) is 55.1 Å². The lowest BCUT2D eigenvalue weighted by Crippen LogP contribution is -2.11. The molecule has 4 heteroatoms. The molecule has 0 spiro atoms. The molecule has 1 heterocycles. The number of aromatic carboxylic acids is 1. The second-order valence-electron chi connectivity index (χ2n) is 9.42. The second-order valence-corrected chi connectivity index (χ2v) is 9.42. The van der Waals surface area contributed by atoms with Gasteiger partial charge in [0.25, 0.3) is 0 Å². The summed E-state index contributed by atoms with van der Waals surface area (Å²) in [6.07, 6.45) is 6.20. The van der Waals surface area contributed by atoms with Gasteiger partial charge in [0.1, 0.15) is 5.82 Å². The molecule has 1 N–H and O–H groups in total. The highest BCUT2D eigenvalue weighted by atomic mass is 16.4. The van der Waals surface area contributed by atoms with Crippen molar-refractivity contribution in [2.24, 2.45) is 0 Å². The van der Waals surface area contributed by atoms with Crippen LogP contribution in [0, 0.1) is 20.8 Å². The molecule has 5 rings (SSSR count). The van der Waals surface area contributed by atoms with Crippen LogP contribution in [0.3, 0.4) is 0 Å². The van der Waals surface area contributed by atoms with E-state index >= 15 is 0 Å². The predicted molar refractivity (Wildman–Crippen MR) is 134 cm³/mol. The summed E-state index contributed by atoms with van der Waals surface area (Å²) in [5.41, 5.74) is 8.92. The minimum Gasteiger partial charge on any atom is -0.478 e. The molecule has 0 radical (unpaired) electrons. The summed E-state index contributed by atoms with van der Waals surface area (Å²) >= 11 is 0. The second kappa shape index (κ2) is 8.51. The maximum Gasteiger partial charge on any atom is 0.336 e. The third kappa shape index (κ3) is 3.84. The first-order valence-corrected chi connectivity index (χ1v) is 11.9. The number of hydrogen-bond donors (Lipinski definition) is 1. The van der Waals surface area contributed by atoms with Crippen molar-refractivity contribution in [3.8, 4) is 16.8 Å². The molecule has 0 amide bonds. The normalized spacial score (nSPS) is 14.6. The number of carboxylic acid groups (broad SMARTS) is 1. The molecule has 1 aliphatic carbocycles. The Labute approximate surface area is 194 Å². The summed E-state index contributed by atoms with van der Waals surface area (Å²) in [6.45, 7) is 6.36.